The van der Waals surface area contributed by atoms with Crippen LogP contribution in [-0.4, -0.2) is 16.8 Å². The van der Waals surface area contributed by atoms with Crippen molar-refractivity contribution >= 4 is 28.3 Å². The van der Waals surface area contributed by atoms with Crippen LogP contribution in [0.1, 0.15) is 18.7 Å². The standard InChI is InChI=1S/C10H14N3O2S/c1-6-5-12-9(16-6)13-7(14)4-10(2,3)8(11)15/h4-5H,1-3H3,(H2,11,15)(H,12,13,14). The van der Waals surface area contributed by atoms with E-state index in [4.69, 9.17) is 5.73 Å². The quantitative estimate of drug-likeness (QED) is 0.826. The van der Waals surface area contributed by atoms with Gasteiger partial charge >= 0.3 is 0 Å². The van der Waals surface area contributed by atoms with Crippen LogP contribution < -0.4 is 11.1 Å². The zero-order valence-electron chi connectivity index (χ0n) is 9.40. The number of aryl methyl sites for hydroxylation is 1. The summed E-state index contributed by atoms with van der Waals surface area (Å²) in [4.78, 5) is 27.5. The zero-order valence-corrected chi connectivity index (χ0v) is 10.2. The summed E-state index contributed by atoms with van der Waals surface area (Å²) in [5.41, 5.74) is 4.19. The first kappa shape index (κ1) is 12.6. The van der Waals surface area contributed by atoms with E-state index < -0.39 is 11.3 Å². The Morgan fingerprint density at radius 2 is 2.19 bits per heavy atom. The molecule has 0 fully saturated rings. The second kappa shape index (κ2) is 4.61. The molecule has 0 aliphatic carbocycles. The molecule has 6 heteroatoms. The molecular weight excluding hydrogens is 226 g/mol. The predicted molar refractivity (Wildman–Crippen MR) is 62.8 cm³/mol. The third-order valence-corrected chi connectivity index (χ3v) is 2.81. The number of thiazole rings is 1. The van der Waals surface area contributed by atoms with Crippen LogP contribution in [0.15, 0.2) is 6.20 Å². The number of hydrogen-bond acceptors (Lipinski definition) is 4. The van der Waals surface area contributed by atoms with Gasteiger partial charge in [0.2, 0.25) is 11.8 Å². The van der Waals surface area contributed by atoms with Gasteiger partial charge in [-0.05, 0) is 6.92 Å². The van der Waals surface area contributed by atoms with Crippen LogP contribution in [0.3, 0.4) is 0 Å². The number of carbonyl (C=O) groups is 2. The molecule has 87 valence electrons. The molecule has 0 atom stereocenters. The number of rotatable bonds is 4. The molecule has 0 saturated heterocycles. The molecule has 0 saturated carbocycles. The lowest BCUT2D eigenvalue weighted by Gasteiger charge is -2.18. The molecule has 1 radical (unpaired) electrons. The van der Waals surface area contributed by atoms with Crippen molar-refractivity contribution < 1.29 is 9.59 Å². The number of carbonyl (C=O) groups excluding carboxylic acids is 2. The van der Waals surface area contributed by atoms with Gasteiger partial charge in [-0.3, -0.25) is 9.59 Å². The van der Waals surface area contributed by atoms with Crippen molar-refractivity contribution in [1.29, 1.82) is 0 Å². The second-order valence-corrected chi connectivity index (χ2v) is 5.23. The summed E-state index contributed by atoms with van der Waals surface area (Å²) >= 11 is 1.37. The molecule has 0 aromatic carbocycles. The first-order valence-corrected chi connectivity index (χ1v) is 5.52. The summed E-state index contributed by atoms with van der Waals surface area (Å²) in [7, 11) is 0. The molecule has 1 heterocycles. The SMILES string of the molecule is Cc1cnc(NC(=O)[CH]C(C)(C)C(N)=O)s1. The summed E-state index contributed by atoms with van der Waals surface area (Å²) in [6.07, 6.45) is 2.92. The average molecular weight is 240 g/mol. The smallest absolute Gasteiger partial charge is 0.231 e. The molecule has 0 aliphatic heterocycles. The largest absolute Gasteiger partial charge is 0.369 e. The number of nitrogens with two attached hydrogens (primary N) is 1. The molecule has 5 nitrogen and oxygen atoms in total. The summed E-state index contributed by atoms with van der Waals surface area (Å²) in [6.45, 7) is 5.06. The highest BCUT2D eigenvalue weighted by molar-refractivity contribution is 7.15. The van der Waals surface area contributed by atoms with E-state index in [2.05, 4.69) is 10.3 Å². The number of amides is 2. The molecule has 0 unspecified atom stereocenters. The Bertz CT molecular complexity index is 412. The fraction of sp³-hybridized carbons (Fsp3) is 0.400. The van der Waals surface area contributed by atoms with E-state index >= 15 is 0 Å². The molecule has 2 amide bonds. The van der Waals surface area contributed by atoms with E-state index in [1.54, 1.807) is 20.0 Å². The van der Waals surface area contributed by atoms with Crippen LogP contribution >= 0.6 is 11.3 Å². The summed E-state index contributed by atoms with van der Waals surface area (Å²) in [6, 6.07) is 0. The van der Waals surface area contributed by atoms with Crippen molar-refractivity contribution in [2.45, 2.75) is 20.8 Å². The minimum absolute atomic E-state index is 0.377. The molecule has 1 aromatic rings. The molecule has 3 N–H and O–H groups in total. The Balaban J connectivity index is 2.58. The maximum absolute atomic E-state index is 11.5. The van der Waals surface area contributed by atoms with E-state index in [1.165, 1.54) is 17.8 Å². The van der Waals surface area contributed by atoms with E-state index in [1.807, 2.05) is 6.92 Å². The van der Waals surface area contributed by atoms with Gasteiger partial charge in [-0.25, -0.2) is 4.98 Å². The van der Waals surface area contributed by atoms with E-state index in [-0.39, 0.29) is 5.91 Å². The first-order chi connectivity index (χ1) is 7.31. The average Bonchev–Trinajstić information content (AvgIpc) is 2.49. The number of anilines is 1. The maximum Gasteiger partial charge on any atom is 0.231 e. The van der Waals surface area contributed by atoms with Gasteiger partial charge < -0.3 is 11.1 Å². The number of nitrogens with zero attached hydrogens (tertiary/aromatic N) is 1. The minimum Gasteiger partial charge on any atom is -0.369 e. The monoisotopic (exact) mass is 240 g/mol. The van der Waals surface area contributed by atoms with Gasteiger partial charge in [0.25, 0.3) is 0 Å². The molecule has 0 bridgehead atoms. The molecule has 1 aromatic heterocycles. The number of hydrogen-bond donors (Lipinski definition) is 2. The fourth-order valence-corrected chi connectivity index (χ4v) is 1.62. The van der Waals surface area contributed by atoms with Crippen molar-refractivity contribution in [2.24, 2.45) is 11.1 Å². The summed E-state index contributed by atoms with van der Waals surface area (Å²) < 4.78 is 0. The first-order valence-electron chi connectivity index (χ1n) is 4.70. The van der Waals surface area contributed by atoms with E-state index in [9.17, 15) is 9.59 Å². The van der Waals surface area contributed by atoms with Crippen molar-refractivity contribution in [3.63, 3.8) is 0 Å². The van der Waals surface area contributed by atoms with Gasteiger partial charge in [-0.15, -0.1) is 11.3 Å². The molecule has 16 heavy (non-hydrogen) atoms. The van der Waals surface area contributed by atoms with Crippen molar-refractivity contribution in [3.8, 4) is 0 Å². The van der Waals surface area contributed by atoms with Crippen LogP contribution in [0.2, 0.25) is 0 Å². The lowest BCUT2D eigenvalue weighted by molar-refractivity contribution is -0.127. The van der Waals surface area contributed by atoms with Gasteiger partial charge in [0.1, 0.15) is 0 Å². The van der Waals surface area contributed by atoms with Crippen LogP contribution in [0.4, 0.5) is 5.13 Å². The minimum atomic E-state index is -0.962. The van der Waals surface area contributed by atoms with Gasteiger partial charge in [0.05, 0.1) is 11.8 Å². The third-order valence-electron chi connectivity index (χ3n) is 1.98. The Morgan fingerprint density at radius 3 is 2.62 bits per heavy atom. The normalized spacial score (nSPS) is 11.2. The Hall–Kier alpha value is -1.43. The predicted octanol–water partition coefficient (Wildman–Crippen LogP) is 1.11. The van der Waals surface area contributed by atoms with Crippen molar-refractivity contribution in [1.82, 2.24) is 4.98 Å². The van der Waals surface area contributed by atoms with Crippen LogP contribution in [0.25, 0.3) is 0 Å². The van der Waals surface area contributed by atoms with Crippen molar-refractivity contribution in [2.75, 3.05) is 5.32 Å². The van der Waals surface area contributed by atoms with Crippen LogP contribution in [0, 0.1) is 18.8 Å². The highest BCUT2D eigenvalue weighted by atomic mass is 32.1. The van der Waals surface area contributed by atoms with E-state index in [0.29, 0.717) is 5.13 Å². The number of primary amides is 1. The van der Waals surface area contributed by atoms with Gasteiger partial charge in [0.15, 0.2) is 5.13 Å². The molecular formula is C10H14N3O2S. The molecule has 0 spiro atoms. The second-order valence-electron chi connectivity index (χ2n) is 4.00. The molecule has 1 rings (SSSR count). The van der Waals surface area contributed by atoms with Crippen LogP contribution in [0.5, 0.6) is 0 Å². The Kier molecular flexibility index (Phi) is 3.64. The zero-order chi connectivity index (χ0) is 12.3. The Labute approximate surface area is 98.1 Å². The lowest BCUT2D eigenvalue weighted by atomic mass is 9.88. The Morgan fingerprint density at radius 1 is 1.56 bits per heavy atom. The fourth-order valence-electron chi connectivity index (χ4n) is 0.953. The number of nitrogens with one attached hydrogen (secondary N) is 1. The highest BCUT2D eigenvalue weighted by Gasteiger charge is 2.28. The summed E-state index contributed by atoms with van der Waals surface area (Å²) in [5.74, 6) is -0.920. The third kappa shape index (κ3) is 3.30. The van der Waals surface area contributed by atoms with Gasteiger partial charge in [0, 0.05) is 11.1 Å². The van der Waals surface area contributed by atoms with Gasteiger partial charge in [-0.1, -0.05) is 13.8 Å². The van der Waals surface area contributed by atoms with Gasteiger partial charge in [-0.2, -0.15) is 0 Å². The van der Waals surface area contributed by atoms with Crippen LogP contribution in [-0.2, 0) is 9.59 Å². The molecule has 0 aliphatic rings. The lowest BCUT2D eigenvalue weighted by Crippen LogP contribution is -2.35. The topological polar surface area (TPSA) is 85.1 Å². The van der Waals surface area contributed by atoms with E-state index in [0.717, 1.165) is 4.88 Å². The number of aromatic nitrogens is 1. The van der Waals surface area contributed by atoms with Crippen molar-refractivity contribution in [3.05, 3.63) is 17.5 Å². The maximum atomic E-state index is 11.5. The highest BCUT2D eigenvalue weighted by Crippen LogP contribution is 2.21. The summed E-state index contributed by atoms with van der Waals surface area (Å²) in [5, 5.41) is 3.09.